The first-order valence-corrected chi connectivity index (χ1v) is 10.2. The van der Waals surface area contributed by atoms with E-state index in [9.17, 15) is 0 Å². The number of hydrogen-bond donors (Lipinski definition) is 2. The van der Waals surface area contributed by atoms with E-state index in [-0.39, 0.29) is 0 Å². The number of aromatic amines is 1. The fourth-order valence-corrected chi connectivity index (χ4v) is 5.07. The van der Waals surface area contributed by atoms with Gasteiger partial charge in [-0.1, -0.05) is 6.07 Å². The molecule has 0 atom stereocenters. The van der Waals surface area contributed by atoms with E-state index in [1.54, 1.807) is 7.11 Å². The van der Waals surface area contributed by atoms with Crippen LogP contribution in [0.3, 0.4) is 0 Å². The Hall–Kier alpha value is -3.45. The van der Waals surface area contributed by atoms with Crippen molar-refractivity contribution >= 4 is 29.1 Å². The summed E-state index contributed by atoms with van der Waals surface area (Å²) in [5.41, 5.74) is 8.15. The number of fused-ring (bicyclic) bond motifs is 4. The van der Waals surface area contributed by atoms with E-state index in [1.807, 2.05) is 35.9 Å². The summed E-state index contributed by atoms with van der Waals surface area (Å²) in [5.74, 6) is 1.52. The van der Waals surface area contributed by atoms with Crippen LogP contribution >= 0.6 is 11.3 Å². The molecule has 2 N–H and O–H groups in total. The zero-order chi connectivity index (χ0) is 19.4. The molecule has 4 heterocycles. The van der Waals surface area contributed by atoms with Crippen LogP contribution in [0.15, 0.2) is 47.6 Å². The Morgan fingerprint density at radius 1 is 1.17 bits per heavy atom. The molecule has 0 unspecified atom stereocenters. The largest absolute Gasteiger partial charge is 0.481 e. The van der Waals surface area contributed by atoms with E-state index in [1.165, 1.54) is 32.0 Å². The zero-order valence-electron chi connectivity index (χ0n) is 15.7. The minimum absolute atomic E-state index is 0.627. The molecule has 0 bridgehead atoms. The molecule has 0 radical (unpaired) electrons. The second-order valence-corrected chi connectivity index (χ2v) is 8.28. The van der Waals surface area contributed by atoms with E-state index in [4.69, 9.17) is 4.74 Å². The van der Waals surface area contributed by atoms with Gasteiger partial charge in [0.25, 0.3) is 0 Å². The molecule has 0 spiro atoms. The van der Waals surface area contributed by atoms with Gasteiger partial charge >= 0.3 is 0 Å². The molecule has 2 aliphatic rings. The molecule has 1 aromatic carbocycles. The number of H-pyrrole nitrogens is 1. The number of anilines is 2. The maximum Gasteiger partial charge on any atom is 0.212 e. The molecule has 3 aromatic heterocycles. The lowest BCUT2D eigenvalue weighted by atomic mass is 10.1. The van der Waals surface area contributed by atoms with Crippen molar-refractivity contribution in [2.24, 2.45) is 4.99 Å². The van der Waals surface area contributed by atoms with Crippen molar-refractivity contribution in [2.75, 3.05) is 12.4 Å². The first kappa shape index (κ1) is 16.5. The summed E-state index contributed by atoms with van der Waals surface area (Å²) in [6.45, 7) is 0.777. The number of ether oxygens (including phenoxy) is 1. The maximum absolute atomic E-state index is 5.15. The van der Waals surface area contributed by atoms with E-state index in [0.717, 1.165) is 35.7 Å². The van der Waals surface area contributed by atoms with Gasteiger partial charge in [-0.05, 0) is 35.4 Å². The van der Waals surface area contributed by atoms with E-state index < -0.39 is 0 Å². The summed E-state index contributed by atoms with van der Waals surface area (Å²) in [7, 11) is 1.63. The maximum atomic E-state index is 5.15. The van der Waals surface area contributed by atoms with Crippen LogP contribution in [-0.2, 0) is 13.0 Å². The quantitative estimate of drug-likeness (QED) is 0.456. The highest BCUT2D eigenvalue weighted by Gasteiger charge is 2.27. The molecule has 142 valence electrons. The minimum Gasteiger partial charge on any atom is -0.481 e. The summed E-state index contributed by atoms with van der Waals surface area (Å²) in [6, 6.07) is 12.5. The molecule has 0 saturated heterocycles. The molecule has 0 saturated carbocycles. The Kier molecular flexibility index (Phi) is 3.57. The van der Waals surface area contributed by atoms with Crippen molar-refractivity contribution in [1.82, 2.24) is 15.2 Å². The number of nitrogens with one attached hydrogen (secondary N) is 2. The minimum atomic E-state index is 0.627. The standard InChI is InChI=1S/C22H17N5OS/c1-28-20-5-3-13(11-24-20)18-7-16-19(29-18)8-17-21(16)26-27-22(17)25-15-4-2-12-9-23-10-14(12)6-15/h2-7,10-11H,8-9H2,1H3,(H2,25,26,27). The van der Waals surface area contributed by atoms with Crippen LogP contribution in [-0.4, -0.2) is 28.5 Å². The number of thiophene rings is 1. The molecule has 29 heavy (non-hydrogen) atoms. The third kappa shape index (κ3) is 2.66. The normalized spacial score (nSPS) is 13.3. The zero-order valence-corrected chi connectivity index (χ0v) is 16.5. The van der Waals surface area contributed by atoms with Gasteiger partial charge in [0, 0.05) is 57.0 Å². The monoisotopic (exact) mass is 399 g/mol. The number of aliphatic imine (C=N–C) groups is 1. The van der Waals surface area contributed by atoms with Gasteiger partial charge in [-0.25, -0.2) is 4.98 Å². The summed E-state index contributed by atoms with van der Waals surface area (Å²) in [4.78, 5) is 11.2. The fraction of sp³-hybridized carbons (Fsp3) is 0.136. The van der Waals surface area contributed by atoms with Gasteiger partial charge in [0.2, 0.25) is 5.88 Å². The van der Waals surface area contributed by atoms with Gasteiger partial charge in [0.05, 0.1) is 19.3 Å². The number of benzene rings is 1. The first-order valence-electron chi connectivity index (χ1n) is 9.39. The number of rotatable bonds is 4. The van der Waals surface area contributed by atoms with Crippen molar-refractivity contribution in [1.29, 1.82) is 0 Å². The number of pyridine rings is 1. The second-order valence-electron chi connectivity index (χ2n) is 7.15. The average Bonchev–Trinajstić information content (AvgIpc) is 3.50. The van der Waals surface area contributed by atoms with Crippen LogP contribution in [0.1, 0.15) is 21.6 Å². The lowest BCUT2D eigenvalue weighted by molar-refractivity contribution is 0.398. The first-order chi connectivity index (χ1) is 14.3. The van der Waals surface area contributed by atoms with Gasteiger partial charge in [-0.3, -0.25) is 10.1 Å². The van der Waals surface area contributed by atoms with Crippen LogP contribution in [0.4, 0.5) is 11.5 Å². The van der Waals surface area contributed by atoms with Crippen molar-refractivity contribution in [3.63, 3.8) is 0 Å². The SMILES string of the molecule is COc1ccc(-c2cc3c(s2)Cc2c(Nc4ccc5c(c4)C=NC5)n[nH]c2-3)cn1. The second kappa shape index (κ2) is 6.28. The van der Waals surface area contributed by atoms with Gasteiger partial charge in [-0.2, -0.15) is 5.10 Å². The molecule has 1 aliphatic carbocycles. The molecule has 7 heteroatoms. The van der Waals surface area contributed by atoms with Crippen molar-refractivity contribution in [3.8, 4) is 27.6 Å². The Bertz CT molecular complexity index is 1270. The van der Waals surface area contributed by atoms with E-state index in [0.29, 0.717) is 5.88 Å². The number of hydrogen-bond acceptors (Lipinski definition) is 6. The Morgan fingerprint density at radius 3 is 3.00 bits per heavy atom. The highest BCUT2D eigenvalue weighted by Crippen LogP contribution is 2.46. The molecule has 4 aromatic rings. The molecular formula is C22H17N5OS. The Labute approximate surface area is 171 Å². The number of nitrogens with zero attached hydrogens (tertiary/aromatic N) is 3. The lowest BCUT2D eigenvalue weighted by Gasteiger charge is -2.06. The molecule has 6 nitrogen and oxygen atoms in total. The highest BCUT2D eigenvalue weighted by atomic mass is 32.1. The lowest BCUT2D eigenvalue weighted by Crippen LogP contribution is -1.96. The summed E-state index contributed by atoms with van der Waals surface area (Å²) in [5, 5.41) is 11.2. The predicted molar refractivity (Wildman–Crippen MR) is 116 cm³/mol. The van der Waals surface area contributed by atoms with Gasteiger partial charge in [-0.15, -0.1) is 11.3 Å². The van der Waals surface area contributed by atoms with E-state index in [2.05, 4.69) is 49.8 Å². The molecular weight excluding hydrogens is 382 g/mol. The molecule has 1 aliphatic heterocycles. The Morgan fingerprint density at radius 2 is 2.14 bits per heavy atom. The summed E-state index contributed by atoms with van der Waals surface area (Å²) >= 11 is 1.81. The topological polar surface area (TPSA) is 75.2 Å². The number of aromatic nitrogens is 3. The summed E-state index contributed by atoms with van der Waals surface area (Å²) < 4.78 is 5.15. The highest BCUT2D eigenvalue weighted by molar-refractivity contribution is 7.16. The van der Waals surface area contributed by atoms with Crippen LogP contribution in [0, 0.1) is 0 Å². The smallest absolute Gasteiger partial charge is 0.212 e. The third-order valence-electron chi connectivity index (χ3n) is 5.41. The number of methoxy groups -OCH3 is 1. The van der Waals surface area contributed by atoms with Crippen LogP contribution < -0.4 is 10.1 Å². The van der Waals surface area contributed by atoms with Crippen molar-refractivity contribution < 1.29 is 4.74 Å². The van der Waals surface area contributed by atoms with E-state index >= 15 is 0 Å². The fourth-order valence-electron chi connectivity index (χ4n) is 3.90. The average molecular weight is 399 g/mol. The van der Waals surface area contributed by atoms with Crippen LogP contribution in [0.25, 0.3) is 21.7 Å². The third-order valence-corrected chi connectivity index (χ3v) is 6.60. The van der Waals surface area contributed by atoms with Crippen molar-refractivity contribution in [2.45, 2.75) is 13.0 Å². The molecule has 0 amide bonds. The summed E-state index contributed by atoms with van der Waals surface area (Å²) in [6.07, 6.45) is 4.67. The van der Waals surface area contributed by atoms with Gasteiger partial charge in [0.15, 0.2) is 5.82 Å². The van der Waals surface area contributed by atoms with Gasteiger partial charge < -0.3 is 10.1 Å². The predicted octanol–water partition coefficient (Wildman–Crippen LogP) is 4.79. The van der Waals surface area contributed by atoms with Gasteiger partial charge in [0.1, 0.15) is 0 Å². The van der Waals surface area contributed by atoms with Crippen LogP contribution in [0.5, 0.6) is 5.88 Å². The molecule has 6 rings (SSSR count). The molecule has 0 fully saturated rings. The Balaban J connectivity index is 1.29. The van der Waals surface area contributed by atoms with Crippen molar-refractivity contribution in [3.05, 3.63) is 64.2 Å². The van der Waals surface area contributed by atoms with Crippen LogP contribution in [0.2, 0.25) is 0 Å².